The summed E-state index contributed by atoms with van der Waals surface area (Å²) >= 11 is 0. The second-order valence-corrected chi connectivity index (χ2v) is 7.73. The number of benzene rings is 1. The van der Waals surface area contributed by atoms with Crippen LogP contribution in [0.2, 0.25) is 0 Å². The molecule has 0 saturated heterocycles. The van der Waals surface area contributed by atoms with Crippen LogP contribution in [0.25, 0.3) is 0 Å². The average Bonchev–Trinajstić information content (AvgIpc) is 2.79. The molecule has 0 aliphatic heterocycles. The van der Waals surface area contributed by atoms with Gasteiger partial charge in [-0.1, -0.05) is 26.0 Å². The minimum absolute atomic E-state index is 0.0718. The normalized spacial score (nSPS) is 11.3. The van der Waals surface area contributed by atoms with Crippen LogP contribution in [-0.4, -0.2) is 36.2 Å². The summed E-state index contributed by atoms with van der Waals surface area (Å²) in [4.78, 5) is 28.3. The number of rotatable bonds is 12. The van der Waals surface area contributed by atoms with E-state index in [2.05, 4.69) is 15.6 Å². The first-order valence-corrected chi connectivity index (χ1v) is 10.7. The van der Waals surface area contributed by atoms with Gasteiger partial charge in [0, 0.05) is 12.4 Å². The number of nitrogens with one attached hydrogen (secondary N) is 2. The first-order valence-electron chi connectivity index (χ1n) is 10.7. The van der Waals surface area contributed by atoms with E-state index in [4.69, 9.17) is 14.7 Å². The van der Waals surface area contributed by atoms with Crippen molar-refractivity contribution in [3.63, 3.8) is 0 Å². The molecule has 170 valence electrons. The van der Waals surface area contributed by atoms with Crippen LogP contribution in [0.15, 0.2) is 48.8 Å². The molecule has 1 unspecified atom stereocenters. The molecule has 1 atom stereocenters. The predicted octanol–water partition coefficient (Wildman–Crippen LogP) is 3.37. The summed E-state index contributed by atoms with van der Waals surface area (Å²) in [7, 11) is 0. The average molecular weight is 439 g/mol. The number of hydrogen-bond donors (Lipinski definition) is 2. The summed E-state index contributed by atoms with van der Waals surface area (Å²) in [5.41, 5.74) is 2.03. The minimum Gasteiger partial charge on any atom is -0.494 e. The Morgan fingerprint density at radius 1 is 1.09 bits per heavy atom. The van der Waals surface area contributed by atoms with Crippen molar-refractivity contribution < 1.29 is 19.1 Å². The van der Waals surface area contributed by atoms with Crippen LogP contribution in [0, 0.1) is 17.2 Å². The number of nitriles is 1. The van der Waals surface area contributed by atoms with Crippen LogP contribution >= 0.6 is 0 Å². The zero-order valence-electron chi connectivity index (χ0n) is 18.5. The molecule has 0 bridgehead atoms. The predicted molar refractivity (Wildman–Crippen MR) is 120 cm³/mol. The van der Waals surface area contributed by atoms with Gasteiger partial charge in [0.1, 0.15) is 24.9 Å². The number of alkyl carbamates (subject to hydrolysis) is 1. The molecule has 1 heterocycles. The molecule has 1 aromatic carbocycles. The Balaban J connectivity index is 1.73. The second-order valence-electron chi connectivity index (χ2n) is 7.73. The molecular weight excluding hydrogens is 408 g/mol. The number of carbonyl (C=O) groups is 2. The summed E-state index contributed by atoms with van der Waals surface area (Å²) in [5.74, 6) is 0.534. The van der Waals surface area contributed by atoms with Crippen molar-refractivity contribution in [3.8, 4) is 11.8 Å². The molecular formula is C24H30N4O4. The molecule has 0 spiro atoms. The van der Waals surface area contributed by atoms with Gasteiger partial charge in [-0.3, -0.25) is 9.78 Å². The van der Waals surface area contributed by atoms with Crippen molar-refractivity contribution in [3.05, 3.63) is 59.9 Å². The van der Waals surface area contributed by atoms with Gasteiger partial charge in [0.15, 0.2) is 0 Å². The van der Waals surface area contributed by atoms with Crippen molar-refractivity contribution in [1.29, 1.82) is 5.26 Å². The monoisotopic (exact) mass is 438 g/mol. The zero-order chi connectivity index (χ0) is 23.2. The molecule has 0 saturated carbocycles. The summed E-state index contributed by atoms with van der Waals surface area (Å²) in [6.07, 6.45) is 5.15. The third-order valence-corrected chi connectivity index (χ3v) is 4.58. The van der Waals surface area contributed by atoms with Gasteiger partial charge >= 0.3 is 6.09 Å². The quantitative estimate of drug-likeness (QED) is 0.388. The lowest BCUT2D eigenvalue weighted by molar-refractivity contribution is -0.123. The maximum Gasteiger partial charge on any atom is 0.408 e. The van der Waals surface area contributed by atoms with Crippen molar-refractivity contribution in [2.45, 2.75) is 45.8 Å². The van der Waals surface area contributed by atoms with Gasteiger partial charge in [-0.05, 0) is 60.6 Å². The van der Waals surface area contributed by atoms with Gasteiger partial charge in [-0.2, -0.15) is 5.26 Å². The van der Waals surface area contributed by atoms with Gasteiger partial charge in [0.05, 0.1) is 12.7 Å². The molecule has 0 aliphatic rings. The number of hydrogen-bond acceptors (Lipinski definition) is 6. The number of aromatic nitrogens is 1. The molecule has 2 rings (SSSR count). The van der Waals surface area contributed by atoms with E-state index >= 15 is 0 Å². The number of aryl methyl sites for hydroxylation is 1. The summed E-state index contributed by atoms with van der Waals surface area (Å²) < 4.78 is 11.0. The van der Waals surface area contributed by atoms with E-state index in [1.807, 2.05) is 56.3 Å². The summed E-state index contributed by atoms with van der Waals surface area (Å²) in [6.45, 7) is 4.46. The van der Waals surface area contributed by atoms with Crippen molar-refractivity contribution >= 4 is 12.0 Å². The lowest BCUT2D eigenvalue weighted by atomic mass is 10.0. The van der Waals surface area contributed by atoms with E-state index in [9.17, 15) is 9.59 Å². The molecule has 2 aromatic rings. The SMILES string of the molecule is CC(C)CC(NC(=O)OCc1ccc(OCCCc2ccncc2)cc1)C(=O)NCC#N. The molecule has 8 heteroatoms. The molecule has 2 amide bonds. The smallest absolute Gasteiger partial charge is 0.408 e. The molecule has 0 radical (unpaired) electrons. The highest BCUT2D eigenvalue weighted by molar-refractivity contribution is 5.85. The lowest BCUT2D eigenvalue weighted by Crippen LogP contribution is -2.47. The van der Waals surface area contributed by atoms with Gasteiger partial charge in [-0.25, -0.2) is 4.79 Å². The number of pyridine rings is 1. The fourth-order valence-corrected chi connectivity index (χ4v) is 2.98. The Morgan fingerprint density at radius 3 is 2.47 bits per heavy atom. The molecule has 2 N–H and O–H groups in total. The Bertz CT molecular complexity index is 879. The maximum absolute atomic E-state index is 12.1. The molecule has 32 heavy (non-hydrogen) atoms. The Hall–Kier alpha value is -3.60. The highest BCUT2D eigenvalue weighted by Gasteiger charge is 2.22. The number of carbonyl (C=O) groups excluding carboxylic acids is 2. The van der Waals surface area contributed by atoms with E-state index in [1.54, 1.807) is 12.4 Å². The van der Waals surface area contributed by atoms with Crippen molar-refractivity contribution in [2.75, 3.05) is 13.2 Å². The Kier molecular flexibility index (Phi) is 10.5. The Morgan fingerprint density at radius 2 is 1.81 bits per heavy atom. The molecule has 0 aliphatic carbocycles. The fourth-order valence-electron chi connectivity index (χ4n) is 2.98. The number of ether oxygens (including phenoxy) is 2. The van der Waals surface area contributed by atoms with E-state index in [-0.39, 0.29) is 19.1 Å². The fraction of sp³-hybridized carbons (Fsp3) is 0.417. The van der Waals surface area contributed by atoms with E-state index in [0.29, 0.717) is 13.0 Å². The molecule has 8 nitrogen and oxygen atoms in total. The van der Waals surface area contributed by atoms with E-state index < -0.39 is 18.0 Å². The first kappa shape index (κ1) is 24.7. The van der Waals surface area contributed by atoms with Crippen LogP contribution in [0.5, 0.6) is 5.75 Å². The summed E-state index contributed by atoms with van der Waals surface area (Å²) in [6, 6.07) is 12.4. The second kappa shape index (κ2) is 13.7. The van der Waals surface area contributed by atoms with E-state index in [1.165, 1.54) is 5.56 Å². The van der Waals surface area contributed by atoms with Crippen LogP contribution in [-0.2, 0) is 22.6 Å². The van der Waals surface area contributed by atoms with Crippen LogP contribution in [0.1, 0.15) is 37.8 Å². The third kappa shape index (κ3) is 9.47. The van der Waals surface area contributed by atoms with Crippen LogP contribution < -0.4 is 15.4 Å². The van der Waals surface area contributed by atoms with Gasteiger partial charge in [0.2, 0.25) is 5.91 Å². The highest BCUT2D eigenvalue weighted by atomic mass is 16.5. The minimum atomic E-state index is -0.751. The highest BCUT2D eigenvalue weighted by Crippen LogP contribution is 2.14. The van der Waals surface area contributed by atoms with Crippen LogP contribution in [0.3, 0.4) is 0 Å². The summed E-state index contributed by atoms with van der Waals surface area (Å²) in [5, 5.41) is 13.7. The van der Waals surface area contributed by atoms with Crippen molar-refractivity contribution in [2.24, 2.45) is 5.92 Å². The third-order valence-electron chi connectivity index (χ3n) is 4.58. The molecule has 0 fully saturated rings. The van der Waals surface area contributed by atoms with E-state index in [0.717, 1.165) is 24.2 Å². The lowest BCUT2D eigenvalue weighted by Gasteiger charge is -2.19. The van der Waals surface area contributed by atoms with Gasteiger partial charge in [-0.15, -0.1) is 0 Å². The first-order chi connectivity index (χ1) is 15.5. The van der Waals surface area contributed by atoms with Crippen LogP contribution in [0.4, 0.5) is 4.79 Å². The number of nitrogens with zero attached hydrogens (tertiary/aromatic N) is 2. The zero-order valence-corrected chi connectivity index (χ0v) is 18.5. The number of amides is 2. The standard InChI is InChI=1S/C24H30N4O4/c1-18(2)16-22(23(29)27-14-11-25)28-24(30)32-17-20-5-7-21(8-6-20)31-15-3-4-19-9-12-26-13-10-19/h5-10,12-13,18,22H,3-4,14-17H2,1-2H3,(H,27,29)(H,28,30). The van der Waals surface area contributed by atoms with Crippen molar-refractivity contribution in [1.82, 2.24) is 15.6 Å². The van der Waals surface area contributed by atoms with Gasteiger partial charge < -0.3 is 20.1 Å². The topological polar surface area (TPSA) is 113 Å². The largest absolute Gasteiger partial charge is 0.494 e. The Labute approximate surface area is 188 Å². The van der Waals surface area contributed by atoms with Gasteiger partial charge in [0.25, 0.3) is 0 Å². The molecule has 1 aromatic heterocycles. The maximum atomic E-state index is 12.1.